The van der Waals surface area contributed by atoms with E-state index in [0.717, 1.165) is 6.42 Å². The molecule has 7 heteroatoms. The molecular weight excluding hydrogens is 400 g/mol. The molecule has 1 amide bonds. The van der Waals surface area contributed by atoms with Gasteiger partial charge in [-0.3, -0.25) is 10.1 Å². The molecule has 2 aromatic carbocycles. The predicted molar refractivity (Wildman–Crippen MR) is 124 cm³/mol. The summed E-state index contributed by atoms with van der Waals surface area (Å²) in [4.78, 5) is 12.7. The van der Waals surface area contributed by atoms with Crippen molar-refractivity contribution in [2.24, 2.45) is 5.92 Å². The van der Waals surface area contributed by atoms with Gasteiger partial charge in [-0.05, 0) is 55.7 Å². The third-order valence-electron chi connectivity index (χ3n) is 4.14. The van der Waals surface area contributed by atoms with Crippen LogP contribution in [0, 0.1) is 5.92 Å². The number of carbonyl (C=O) groups excluding carboxylic acids is 1. The molecule has 0 unspecified atom stereocenters. The highest BCUT2D eigenvalue weighted by atomic mass is 32.1. The summed E-state index contributed by atoms with van der Waals surface area (Å²) in [5.41, 5.74) is 1.10. The average molecular weight is 431 g/mol. The number of hydrogen-bond donors (Lipinski definition) is 2. The van der Waals surface area contributed by atoms with Crippen molar-refractivity contribution in [3.63, 3.8) is 0 Å². The van der Waals surface area contributed by atoms with Crippen LogP contribution >= 0.6 is 12.2 Å². The van der Waals surface area contributed by atoms with Crippen molar-refractivity contribution in [2.45, 2.75) is 27.2 Å². The van der Waals surface area contributed by atoms with E-state index in [2.05, 4.69) is 24.5 Å². The van der Waals surface area contributed by atoms with Crippen molar-refractivity contribution >= 4 is 28.9 Å². The number of hydrogen-bond acceptors (Lipinski definition) is 5. The number of rotatable bonds is 11. The summed E-state index contributed by atoms with van der Waals surface area (Å²) in [5.74, 6) is 1.37. The minimum Gasteiger partial charge on any atom is -0.493 e. The maximum Gasteiger partial charge on any atom is 0.261 e. The lowest BCUT2D eigenvalue weighted by atomic mass is 10.1. The van der Waals surface area contributed by atoms with E-state index in [1.807, 2.05) is 37.3 Å². The smallest absolute Gasteiger partial charge is 0.261 e. The molecule has 30 heavy (non-hydrogen) atoms. The third-order valence-corrected chi connectivity index (χ3v) is 4.34. The van der Waals surface area contributed by atoms with Gasteiger partial charge in [-0.1, -0.05) is 38.1 Å². The molecule has 0 aliphatic heterocycles. The first-order valence-corrected chi connectivity index (χ1v) is 10.6. The summed E-state index contributed by atoms with van der Waals surface area (Å²) in [6, 6.07) is 14.5. The molecule has 0 radical (unpaired) electrons. The van der Waals surface area contributed by atoms with Crippen molar-refractivity contribution in [1.29, 1.82) is 0 Å². The fourth-order valence-electron chi connectivity index (χ4n) is 2.56. The van der Waals surface area contributed by atoms with Crippen LogP contribution in [0.1, 0.15) is 37.6 Å². The van der Waals surface area contributed by atoms with Crippen LogP contribution in [0.4, 0.5) is 5.69 Å². The Labute approximate surface area is 183 Å². The van der Waals surface area contributed by atoms with E-state index in [0.29, 0.717) is 55.1 Å². The zero-order valence-corrected chi connectivity index (χ0v) is 18.6. The Morgan fingerprint density at radius 1 is 0.967 bits per heavy atom. The standard InChI is InChI=1S/C23H30N2O4S/c1-4-27-15-16-29-21-12-8-6-10-19(21)24-23(30)25-22(26)18-9-5-7-11-20(18)28-14-13-17(2)3/h5-12,17H,4,13-16H2,1-3H3,(H2,24,25,26,30). The monoisotopic (exact) mass is 430 g/mol. The second-order valence-electron chi connectivity index (χ2n) is 6.98. The molecule has 0 aliphatic rings. The Bertz CT molecular complexity index is 826. The number of ether oxygens (including phenoxy) is 3. The average Bonchev–Trinajstić information content (AvgIpc) is 2.72. The molecule has 0 aliphatic carbocycles. The van der Waals surface area contributed by atoms with Crippen LogP contribution in [0.15, 0.2) is 48.5 Å². The first-order chi connectivity index (χ1) is 14.5. The number of nitrogens with one attached hydrogen (secondary N) is 2. The van der Waals surface area contributed by atoms with Crippen molar-refractivity contribution in [3.05, 3.63) is 54.1 Å². The van der Waals surface area contributed by atoms with E-state index >= 15 is 0 Å². The molecule has 162 valence electrons. The summed E-state index contributed by atoms with van der Waals surface area (Å²) in [7, 11) is 0. The Kier molecular flexibility index (Phi) is 10.1. The van der Waals surface area contributed by atoms with Crippen LogP contribution in [0.2, 0.25) is 0 Å². The summed E-state index contributed by atoms with van der Waals surface area (Å²) in [6.07, 6.45) is 0.913. The van der Waals surface area contributed by atoms with Crippen molar-refractivity contribution in [2.75, 3.05) is 31.7 Å². The molecule has 0 saturated carbocycles. The van der Waals surface area contributed by atoms with Crippen LogP contribution in [-0.2, 0) is 4.74 Å². The van der Waals surface area contributed by atoms with E-state index in [9.17, 15) is 4.79 Å². The van der Waals surface area contributed by atoms with E-state index in [1.165, 1.54) is 0 Å². The van der Waals surface area contributed by atoms with E-state index in [4.69, 9.17) is 26.4 Å². The summed E-state index contributed by atoms with van der Waals surface area (Å²) in [5, 5.41) is 5.91. The molecule has 0 fully saturated rings. The van der Waals surface area contributed by atoms with Gasteiger partial charge in [0.05, 0.1) is 24.5 Å². The highest BCUT2D eigenvalue weighted by molar-refractivity contribution is 7.80. The summed E-state index contributed by atoms with van der Waals surface area (Å²) >= 11 is 5.33. The van der Waals surface area contributed by atoms with E-state index < -0.39 is 0 Å². The zero-order valence-electron chi connectivity index (χ0n) is 17.8. The molecule has 0 saturated heterocycles. The van der Waals surface area contributed by atoms with Gasteiger partial charge in [0.25, 0.3) is 5.91 Å². The Morgan fingerprint density at radius 3 is 2.37 bits per heavy atom. The van der Waals surface area contributed by atoms with E-state index in [-0.39, 0.29) is 11.0 Å². The normalized spacial score (nSPS) is 10.5. The quantitative estimate of drug-likeness (QED) is 0.399. The summed E-state index contributed by atoms with van der Waals surface area (Å²) < 4.78 is 16.8. The highest BCUT2D eigenvalue weighted by Crippen LogP contribution is 2.24. The van der Waals surface area contributed by atoms with Crippen LogP contribution in [0.3, 0.4) is 0 Å². The molecule has 2 rings (SSSR count). The van der Waals surface area contributed by atoms with Gasteiger partial charge in [0.15, 0.2) is 5.11 Å². The lowest BCUT2D eigenvalue weighted by molar-refractivity contribution is 0.0973. The van der Waals surface area contributed by atoms with Gasteiger partial charge in [-0.25, -0.2) is 0 Å². The van der Waals surface area contributed by atoms with Gasteiger partial charge in [-0.15, -0.1) is 0 Å². The SMILES string of the molecule is CCOCCOc1ccccc1NC(=S)NC(=O)c1ccccc1OCCC(C)C. The molecule has 0 atom stereocenters. The largest absolute Gasteiger partial charge is 0.493 e. The number of benzene rings is 2. The maximum atomic E-state index is 12.7. The van der Waals surface area contributed by atoms with Crippen LogP contribution in [0.5, 0.6) is 11.5 Å². The first-order valence-electron chi connectivity index (χ1n) is 10.1. The Morgan fingerprint density at radius 2 is 1.63 bits per heavy atom. The van der Waals surface area contributed by atoms with E-state index in [1.54, 1.807) is 18.2 Å². The maximum absolute atomic E-state index is 12.7. The number of carbonyl (C=O) groups is 1. The lowest BCUT2D eigenvalue weighted by Gasteiger charge is -2.15. The minimum atomic E-state index is -0.331. The van der Waals surface area contributed by atoms with Gasteiger partial charge in [-0.2, -0.15) is 0 Å². The molecule has 2 aromatic rings. The van der Waals surface area contributed by atoms with Crippen LogP contribution in [-0.4, -0.2) is 37.4 Å². The number of thiocarbonyl (C=S) groups is 1. The molecule has 0 spiro atoms. The molecular formula is C23H30N2O4S. The minimum absolute atomic E-state index is 0.179. The molecule has 0 bridgehead atoms. The fraction of sp³-hybridized carbons (Fsp3) is 0.391. The number of anilines is 1. The van der Waals surface area contributed by atoms with Gasteiger partial charge in [0, 0.05) is 6.61 Å². The van der Waals surface area contributed by atoms with Crippen LogP contribution < -0.4 is 20.1 Å². The third kappa shape index (κ3) is 8.00. The van der Waals surface area contributed by atoms with Crippen molar-refractivity contribution in [1.82, 2.24) is 5.32 Å². The lowest BCUT2D eigenvalue weighted by Crippen LogP contribution is -2.34. The Balaban J connectivity index is 1.96. The predicted octanol–water partition coefficient (Wildman–Crippen LogP) is 4.65. The van der Waals surface area contributed by atoms with Gasteiger partial charge in [0.1, 0.15) is 18.1 Å². The summed E-state index contributed by atoms with van der Waals surface area (Å²) in [6.45, 7) is 8.31. The van der Waals surface area contributed by atoms with Gasteiger partial charge in [0.2, 0.25) is 0 Å². The molecule has 2 N–H and O–H groups in total. The van der Waals surface area contributed by atoms with Crippen LogP contribution in [0.25, 0.3) is 0 Å². The van der Waals surface area contributed by atoms with Crippen molar-refractivity contribution < 1.29 is 19.0 Å². The highest BCUT2D eigenvalue weighted by Gasteiger charge is 2.14. The Hall–Kier alpha value is -2.64. The number of para-hydroxylation sites is 3. The zero-order chi connectivity index (χ0) is 21.8. The fourth-order valence-corrected chi connectivity index (χ4v) is 2.76. The number of amides is 1. The van der Waals surface area contributed by atoms with Gasteiger partial charge < -0.3 is 19.5 Å². The molecule has 0 heterocycles. The second kappa shape index (κ2) is 12.8. The second-order valence-corrected chi connectivity index (χ2v) is 7.39. The molecule has 6 nitrogen and oxygen atoms in total. The van der Waals surface area contributed by atoms with Crippen molar-refractivity contribution in [3.8, 4) is 11.5 Å². The van der Waals surface area contributed by atoms with Gasteiger partial charge >= 0.3 is 0 Å². The molecule has 0 aromatic heterocycles. The topological polar surface area (TPSA) is 68.8 Å². The first kappa shape index (κ1) is 23.6.